The highest BCUT2D eigenvalue weighted by atomic mass is 14.2. The van der Waals surface area contributed by atoms with Crippen LogP contribution in [0.15, 0.2) is 49.0 Å². The molecule has 0 nitrogen and oxygen atoms in total. The van der Waals surface area contributed by atoms with E-state index >= 15 is 0 Å². The van der Waals surface area contributed by atoms with E-state index in [1.807, 2.05) is 0 Å². The molecular formula is C24H32. The number of hydrogen-bond donors (Lipinski definition) is 0. The maximum absolute atomic E-state index is 4.14. The van der Waals surface area contributed by atoms with Gasteiger partial charge in [0.1, 0.15) is 0 Å². The highest BCUT2D eigenvalue weighted by Crippen LogP contribution is 2.29. The third-order valence-electron chi connectivity index (χ3n) is 4.58. The molecule has 0 bridgehead atoms. The van der Waals surface area contributed by atoms with E-state index < -0.39 is 0 Å². The summed E-state index contributed by atoms with van der Waals surface area (Å²) in [5.74, 6) is 0.730. The largest absolute Gasteiger partial charge is 0.0955 e. The summed E-state index contributed by atoms with van der Waals surface area (Å²) in [7, 11) is 0. The molecule has 2 rings (SSSR count). The molecule has 0 saturated heterocycles. The van der Waals surface area contributed by atoms with E-state index in [1.165, 1.54) is 34.2 Å². The van der Waals surface area contributed by atoms with Gasteiger partial charge >= 0.3 is 0 Å². The zero-order chi connectivity index (χ0) is 17.9. The van der Waals surface area contributed by atoms with Gasteiger partial charge in [-0.05, 0) is 65.0 Å². The first kappa shape index (κ1) is 18.5. The zero-order valence-electron chi connectivity index (χ0n) is 16.2. The Morgan fingerprint density at radius 1 is 0.958 bits per heavy atom. The topological polar surface area (TPSA) is 0 Å². The number of benzene rings is 2. The van der Waals surface area contributed by atoms with Crippen LogP contribution in [-0.4, -0.2) is 0 Å². The van der Waals surface area contributed by atoms with E-state index in [4.69, 9.17) is 0 Å². The minimum absolute atomic E-state index is 0.195. The molecule has 0 radical (unpaired) electrons. The van der Waals surface area contributed by atoms with Crippen LogP contribution in [0.2, 0.25) is 0 Å². The quantitative estimate of drug-likeness (QED) is 0.543. The van der Waals surface area contributed by atoms with Crippen molar-refractivity contribution in [3.05, 3.63) is 65.7 Å². The molecule has 0 saturated carbocycles. The summed E-state index contributed by atoms with van der Waals surface area (Å²) in [4.78, 5) is 0. The zero-order valence-corrected chi connectivity index (χ0v) is 16.2. The Kier molecular flexibility index (Phi) is 5.70. The van der Waals surface area contributed by atoms with Crippen LogP contribution in [0.25, 0.3) is 16.7 Å². The Balaban J connectivity index is 2.39. The molecule has 0 heterocycles. The van der Waals surface area contributed by atoms with Crippen LogP contribution in [0, 0.1) is 5.92 Å². The monoisotopic (exact) mass is 320 g/mol. The van der Waals surface area contributed by atoms with E-state index in [-0.39, 0.29) is 5.41 Å². The van der Waals surface area contributed by atoms with Gasteiger partial charge in [-0.25, -0.2) is 0 Å². The van der Waals surface area contributed by atoms with E-state index in [9.17, 15) is 0 Å². The molecule has 24 heavy (non-hydrogen) atoms. The summed E-state index contributed by atoms with van der Waals surface area (Å²) in [6.45, 7) is 17.6. The average molecular weight is 321 g/mol. The molecule has 0 unspecified atom stereocenters. The van der Waals surface area contributed by atoms with Gasteiger partial charge in [-0.1, -0.05) is 83.2 Å². The molecule has 0 N–H and O–H groups in total. The Bertz CT molecular complexity index is 694. The standard InChI is InChI=1S/C24H32/c1-17(2)8-9-19-14-21(18(3)4)16-22(15-19)20-10-12-23(13-11-20)24(5,6)7/h10-17H,3,8-9H2,1-2,4-7H3. The second kappa shape index (κ2) is 7.38. The average Bonchev–Trinajstić information content (AvgIpc) is 2.52. The van der Waals surface area contributed by atoms with Crippen molar-refractivity contribution >= 4 is 5.57 Å². The van der Waals surface area contributed by atoms with Gasteiger partial charge in [-0.2, -0.15) is 0 Å². The van der Waals surface area contributed by atoms with Gasteiger partial charge in [-0.15, -0.1) is 0 Å². The van der Waals surface area contributed by atoms with Crippen molar-refractivity contribution < 1.29 is 0 Å². The lowest BCUT2D eigenvalue weighted by molar-refractivity contribution is 0.587. The van der Waals surface area contributed by atoms with Crippen LogP contribution in [0.5, 0.6) is 0 Å². The van der Waals surface area contributed by atoms with Gasteiger partial charge in [-0.3, -0.25) is 0 Å². The third kappa shape index (κ3) is 4.84. The van der Waals surface area contributed by atoms with Gasteiger partial charge in [0.05, 0.1) is 0 Å². The molecule has 2 aromatic carbocycles. The molecule has 0 aromatic heterocycles. The summed E-state index contributed by atoms with van der Waals surface area (Å²) >= 11 is 0. The lowest BCUT2D eigenvalue weighted by Crippen LogP contribution is -2.10. The number of rotatable bonds is 5. The van der Waals surface area contributed by atoms with Gasteiger partial charge in [0.25, 0.3) is 0 Å². The smallest absolute Gasteiger partial charge is 0.0132 e. The third-order valence-corrected chi connectivity index (χ3v) is 4.58. The highest BCUT2D eigenvalue weighted by Gasteiger charge is 2.13. The van der Waals surface area contributed by atoms with Crippen molar-refractivity contribution in [3.63, 3.8) is 0 Å². The summed E-state index contributed by atoms with van der Waals surface area (Å²) in [5, 5.41) is 0. The minimum Gasteiger partial charge on any atom is -0.0955 e. The Labute approximate surface area is 148 Å². The van der Waals surface area contributed by atoms with Crippen molar-refractivity contribution in [2.75, 3.05) is 0 Å². The fourth-order valence-electron chi connectivity index (χ4n) is 2.87. The lowest BCUT2D eigenvalue weighted by atomic mass is 9.86. The van der Waals surface area contributed by atoms with E-state index in [2.05, 4.69) is 90.6 Å². The molecule has 2 aromatic rings. The molecule has 128 valence electrons. The van der Waals surface area contributed by atoms with E-state index in [0.717, 1.165) is 17.9 Å². The van der Waals surface area contributed by atoms with Gasteiger partial charge in [0.15, 0.2) is 0 Å². The number of hydrogen-bond acceptors (Lipinski definition) is 0. The van der Waals surface area contributed by atoms with Gasteiger partial charge in [0.2, 0.25) is 0 Å². The molecule has 0 heteroatoms. The number of aryl methyl sites for hydroxylation is 1. The van der Waals surface area contributed by atoms with Gasteiger partial charge in [0, 0.05) is 0 Å². The summed E-state index contributed by atoms with van der Waals surface area (Å²) in [6.07, 6.45) is 2.36. The van der Waals surface area contributed by atoms with Crippen LogP contribution in [-0.2, 0) is 11.8 Å². The maximum atomic E-state index is 4.14. The summed E-state index contributed by atoms with van der Waals surface area (Å²) in [5.41, 5.74) is 7.97. The van der Waals surface area contributed by atoms with E-state index in [0.29, 0.717) is 0 Å². The van der Waals surface area contributed by atoms with Crippen molar-refractivity contribution in [1.82, 2.24) is 0 Å². The second-order valence-corrected chi connectivity index (χ2v) is 8.46. The minimum atomic E-state index is 0.195. The fourth-order valence-corrected chi connectivity index (χ4v) is 2.87. The fraction of sp³-hybridized carbons (Fsp3) is 0.417. The highest BCUT2D eigenvalue weighted by molar-refractivity contribution is 5.72. The molecule has 0 atom stereocenters. The summed E-state index contributed by atoms with van der Waals surface area (Å²) in [6, 6.07) is 16.0. The van der Waals surface area contributed by atoms with Crippen LogP contribution in [0.1, 0.15) is 64.7 Å². The molecule has 0 amide bonds. The number of allylic oxidation sites excluding steroid dienone is 1. The first-order chi connectivity index (χ1) is 11.2. The first-order valence-electron chi connectivity index (χ1n) is 9.07. The van der Waals surface area contributed by atoms with Gasteiger partial charge < -0.3 is 0 Å². The molecule has 0 fully saturated rings. The van der Waals surface area contributed by atoms with Crippen molar-refractivity contribution in [2.45, 2.75) is 59.8 Å². The molecule has 0 spiro atoms. The first-order valence-corrected chi connectivity index (χ1v) is 9.07. The Morgan fingerprint density at radius 2 is 1.58 bits per heavy atom. The predicted octanol–water partition coefficient (Wildman–Crippen LogP) is 7.27. The van der Waals surface area contributed by atoms with Crippen LogP contribution in [0.4, 0.5) is 0 Å². The molecule has 0 aliphatic rings. The normalized spacial score (nSPS) is 11.8. The van der Waals surface area contributed by atoms with Crippen molar-refractivity contribution in [3.8, 4) is 11.1 Å². The maximum Gasteiger partial charge on any atom is -0.0132 e. The van der Waals surface area contributed by atoms with Crippen molar-refractivity contribution in [1.29, 1.82) is 0 Å². The summed E-state index contributed by atoms with van der Waals surface area (Å²) < 4.78 is 0. The van der Waals surface area contributed by atoms with Crippen LogP contribution in [0.3, 0.4) is 0 Å². The van der Waals surface area contributed by atoms with E-state index in [1.54, 1.807) is 0 Å². The van der Waals surface area contributed by atoms with Crippen LogP contribution >= 0.6 is 0 Å². The second-order valence-electron chi connectivity index (χ2n) is 8.46. The Hall–Kier alpha value is -1.82. The molecule has 0 aliphatic carbocycles. The molecule has 0 aliphatic heterocycles. The Morgan fingerprint density at radius 3 is 2.08 bits per heavy atom. The van der Waals surface area contributed by atoms with Crippen molar-refractivity contribution in [2.24, 2.45) is 5.92 Å². The lowest BCUT2D eigenvalue weighted by Gasteiger charge is -2.19. The predicted molar refractivity (Wildman–Crippen MR) is 108 cm³/mol. The van der Waals surface area contributed by atoms with Crippen LogP contribution < -0.4 is 0 Å². The SMILES string of the molecule is C=C(C)c1cc(CCC(C)C)cc(-c2ccc(C(C)(C)C)cc2)c1. The molecular weight excluding hydrogens is 288 g/mol.